The third-order valence-corrected chi connectivity index (χ3v) is 1.61. The van der Waals surface area contributed by atoms with Crippen LogP contribution in [0.4, 0.5) is 0 Å². The van der Waals surface area contributed by atoms with Crippen molar-refractivity contribution in [3.63, 3.8) is 0 Å². The zero-order valence-electron chi connectivity index (χ0n) is 8.45. The number of carbonyl (C=O) groups excluding carboxylic acids is 1. The molecule has 0 bridgehead atoms. The first-order valence-electron chi connectivity index (χ1n) is 4.65. The normalized spacial score (nSPS) is 12.8. The maximum absolute atomic E-state index is 10.7. The number of rotatable bonds is 6. The highest BCUT2D eigenvalue weighted by atomic mass is 16.5. The molecule has 0 saturated heterocycles. The minimum Gasteiger partial charge on any atom is -0.462 e. The van der Waals surface area contributed by atoms with Crippen LogP contribution in [0.15, 0.2) is 24.8 Å². The fraction of sp³-hybridized carbons (Fsp3) is 0.545. The van der Waals surface area contributed by atoms with Crippen LogP contribution in [0, 0.1) is 0 Å². The second-order valence-corrected chi connectivity index (χ2v) is 2.92. The Labute approximate surface area is 80.3 Å². The summed E-state index contributed by atoms with van der Waals surface area (Å²) in [5, 5.41) is 0. The highest BCUT2D eigenvalue weighted by molar-refractivity contribution is 5.66. The molecule has 0 saturated carbocycles. The van der Waals surface area contributed by atoms with Crippen LogP contribution in [0.5, 0.6) is 0 Å². The first-order chi connectivity index (χ1) is 6.20. The highest BCUT2D eigenvalue weighted by Gasteiger charge is 2.07. The molecule has 74 valence electrons. The molecule has 2 heteroatoms. The van der Waals surface area contributed by atoms with Gasteiger partial charge in [-0.15, -0.1) is 0 Å². The second kappa shape index (κ2) is 7.59. The van der Waals surface area contributed by atoms with Gasteiger partial charge in [-0.3, -0.25) is 4.79 Å². The van der Waals surface area contributed by atoms with Crippen molar-refractivity contribution in [1.29, 1.82) is 0 Å². The summed E-state index contributed by atoms with van der Waals surface area (Å²) in [6.45, 7) is 7.09. The van der Waals surface area contributed by atoms with Gasteiger partial charge in [0.2, 0.25) is 0 Å². The summed E-state index contributed by atoms with van der Waals surface area (Å²) in [4.78, 5) is 10.7. The maximum Gasteiger partial charge on any atom is 0.302 e. The molecule has 1 atom stereocenters. The van der Waals surface area contributed by atoms with Crippen molar-refractivity contribution < 1.29 is 9.53 Å². The van der Waals surface area contributed by atoms with E-state index in [1.165, 1.54) is 6.92 Å². The van der Waals surface area contributed by atoms with Crippen molar-refractivity contribution in [3.8, 4) is 0 Å². The van der Waals surface area contributed by atoms with E-state index in [2.05, 4.69) is 13.5 Å². The lowest BCUT2D eigenvalue weighted by Crippen LogP contribution is -2.14. The zero-order chi connectivity index (χ0) is 10.1. The highest BCUT2D eigenvalue weighted by Crippen LogP contribution is 2.07. The van der Waals surface area contributed by atoms with E-state index in [4.69, 9.17) is 4.74 Å². The first kappa shape index (κ1) is 11.9. The molecule has 0 amide bonds. The summed E-state index contributed by atoms with van der Waals surface area (Å²) < 4.78 is 5.11. The van der Waals surface area contributed by atoms with Crippen LogP contribution in [0.3, 0.4) is 0 Å². The summed E-state index contributed by atoms with van der Waals surface area (Å²) in [7, 11) is 0. The van der Waals surface area contributed by atoms with E-state index < -0.39 is 0 Å². The average molecular weight is 182 g/mol. The topological polar surface area (TPSA) is 26.3 Å². The summed E-state index contributed by atoms with van der Waals surface area (Å²) >= 11 is 0. The van der Waals surface area contributed by atoms with Crippen molar-refractivity contribution in [2.45, 2.75) is 39.2 Å². The minimum atomic E-state index is -0.203. The van der Waals surface area contributed by atoms with Crippen molar-refractivity contribution in [2.24, 2.45) is 0 Å². The van der Waals surface area contributed by atoms with Gasteiger partial charge >= 0.3 is 5.97 Å². The molecule has 0 N–H and O–H groups in total. The van der Waals surface area contributed by atoms with E-state index in [-0.39, 0.29) is 12.1 Å². The Morgan fingerprint density at radius 1 is 1.62 bits per heavy atom. The van der Waals surface area contributed by atoms with Gasteiger partial charge in [-0.1, -0.05) is 38.2 Å². The van der Waals surface area contributed by atoms with Crippen LogP contribution in [-0.2, 0) is 9.53 Å². The summed E-state index contributed by atoms with van der Waals surface area (Å²) in [5.41, 5.74) is 0. The quantitative estimate of drug-likeness (QED) is 0.466. The first-order valence-corrected chi connectivity index (χ1v) is 4.65. The third kappa shape index (κ3) is 7.32. The molecule has 13 heavy (non-hydrogen) atoms. The van der Waals surface area contributed by atoms with E-state index in [0.717, 1.165) is 19.3 Å². The third-order valence-electron chi connectivity index (χ3n) is 1.61. The molecule has 0 aliphatic carbocycles. The molecule has 0 spiro atoms. The molecule has 0 aliphatic heterocycles. The molecule has 0 radical (unpaired) electrons. The molecule has 0 fully saturated rings. The molecule has 0 rings (SSSR count). The lowest BCUT2D eigenvalue weighted by molar-refractivity contribution is -0.146. The van der Waals surface area contributed by atoms with Gasteiger partial charge in [0.1, 0.15) is 6.10 Å². The van der Waals surface area contributed by atoms with E-state index in [9.17, 15) is 4.79 Å². The standard InChI is InChI=1S/C11H18O2/c1-4-6-7-9-11(8-5-2)13-10(3)12/h4,6-7,11H,1,5,8-9H2,2-3H3. The van der Waals surface area contributed by atoms with Crippen molar-refractivity contribution >= 4 is 5.97 Å². The van der Waals surface area contributed by atoms with Gasteiger partial charge in [-0.2, -0.15) is 0 Å². The van der Waals surface area contributed by atoms with Gasteiger partial charge in [-0.05, 0) is 6.42 Å². The van der Waals surface area contributed by atoms with Gasteiger partial charge in [0.05, 0.1) is 0 Å². The number of esters is 1. The van der Waals surface area contributed by atoms with E-state index in [1.54, 1.807) is 6.08 Å². The van der Waals surface area contributed by atoms with Gasteiger partial charge in [0.15, 0.2) is 0 Å². The van der Waals surface area contributed by atoms with Crippen LogP contribution in [0.25, 0.3) is 0 Å². The molecule has 1 unspecified atom stereocenters. The second-order valence-electron chi connectivity index (χ2n) is 2.92. The number of carbonyl (C=O) groups is 1. The molecule has 2 nitrogen and oxygen atoms in total. The van der Waals surface area contributed by atoms with Gasteiger partial charge in [0, 0.05) is 13.3 Å². The molecule has 0 aromatic carbocycles. The molecular weight excluding hydrogens is 164 g/mol. The summed E-state index contributed by atoms with van der Waals surface area (Å²) in [6.07, 6.45) is 8.30. The minimum absolute atomic E-state index is 0.0266. The fourth-order valence-corrected chi connectivity index (χ4v) is 1.11. The van der Waals surface area contributed by atoms with E-state index in [0.29, 0.717) is 0 Å². The van der Waals surface area contributed by atoms with Gasteiger partial charge < -0.3 is 4.74 Å². The monoisotopic (exact) mass is 182 g/mol. The summed E-state index contributed by atoms with van der Waals surface area (Å²) in [6, 6.07) is 0. The smallest absolute Gasteiger partial charge is 0.302 e. The van der Waals surface area contributed by atoms with Gasteiger partial charge in [-0.25, -0.2) is 0 Å². The van der Waals surface area contributed by atoms with Crippen LogP contribution < -0.4 is 0 Å². The molecule has 0 aromatic rings. The van der Waals surface area contributed by atoms with Crippen molar-refractivity contribution in [2.75, 3.05) is 0 Å². The average Bonchev–Trinajstić information content (AvgIpc) is 2.04. The Morgan fingerprint density at radius 2 is 2.31 bits per heavy atom. The van der Waals surface area contributed by atoms with Crippen LogP contribution >= 0.6 is 0 Å². The predicted molar refractivity (Wildman–Crippen MR) is 54.4 cm³/mol. The number of ether oxygens (including phenoxy) is 1. The van der Waals surface area contributed by atoms with E-state index in [1.807, 2.05) is 12.2 Å². The van der Waals surface area contributed by atoms with Crippen molar-refractivity contribution in [1.82, 2.24) is 0 Å². The summed E-state index contributed by atoms with van der Waals surface area (Å²) in [5.74, 6) is -0.203. The van der Waals surface area contributed by atoms with Gasteiger partial charge in [0.25, 0.3) is 0 Å². The Bertz CT molecular complexity index is 183. The maximum atomic E-state index is 10.7. The number of hydrogen-bond acceptors (Lipinski definition) is 2. The predicted octanol–water partition coefficient (Wildman–Crippen LogP) is 2.85. The van der Waals surface area contributed by atoms with Crippen LogP contribution in [0.2, 0.25) is 0 Å². The number of hydrogen-bond donors (Lipinski definition) is 0. The molecule has 0 aliphatic rings. The SMILES string of the molecule is C=CC=CCC(CCC)OC(C)=O. The Kier molecular flexibility index (Phi) is 6.98. The molecular formula is C11H18O2. The lowest BCUT2D eigenvalue weighted by atomic mass is 10.1. The zero-order valence-corrected chi connectivity index (χ0v) is 8.45. The molecule has 0 aromatic heterocycles. The number of allylic oxidation sites excluding steroid dienone is 2. The van der Waals surface area contributed by atoms with Crippen LogP contribution in [-0.4, -0.2) is 12.1 Å². The largest absolute Gasteiger partial charge is 0.462 e. The Hall–Kier alpha value is -1.05. The van der Waals surface area contributed by atoms with E-state index >= 15 is 0 Å². The fourth-order valence-electron chi connectivity index (χ4n) is 1.11. The van der Waals surface area contributed by atoms with Crippen molar-refractivity contribution in [3.05, 3.63) is 24.8 Å². The Balaban J connectivity index is 3.85. The molecule has 0 heterocycles. The lowest BCUT2D eigenvalue weighted by Gasteiger charge is -2.13. The Morgan fingerprint density at radius 3 is 2.77 bits per heavy atom. The van der Waals surface area contributed by atoms with Crippen LogP contribution in [0.1, 0.15) is 33.1 Å².